The Kier molecular flexibility index (Phi) is 4.53. The smallest absolute Gasteiger partial charge is 0.451 e. The number of aromatic nitrogens is 2. The van der Waals surface area contributed by atoms with Crippen molar-refractivity contribution in [2.45, 2.75) is 12.5 Å². The number of hydrogen-bond acceptors (Lipinski definition) is 6. The van der Waals surface area contributed by atoms with Crippen molar-refractivity contribution in [3.05, 3.63) is 60.7 Å². The molecular formula is C15H19N7O3+2. The molecule has 2 aromatic heterocycles. The van der Waals surface area contributed by atoms with Gasteiger partial charge in [0.05, 0.1) is 18.6 Å². The van der Waals surface area contributed by atoms with Crippen LogP contribution in [0.25, 0.3) is 0 Å². The average Bonchev–Trinajstić information content (AvgIpc) is 3.36. The van der Waals surface area contributed by atoms with Crippen LogP contribution >= 0.6 is 0 Å². The van der Waals surface area contributed by atoms with Gasteiger partial charge in [0, 0.05) is 12.4 Å². The van der Waals surface area contributed by atoms with E-state index in [0.29, 0.717) is 0 Å². The van der Waals surface area contributed by atoms with Gasteiger partial charge in [-0.2, -0.15) is 4.57 Å². The molecule has 2 unspecified atom stereocenters. The van der Waals surface area contributed by atoms with Crippen LogP contribution in [0.15, 0.2) is 65.7 Å². The fraction of sp³-hybridized carbons (Fsp3) is 0.133. The van der Waals surface area contributed by atoms with Gasteiger partial charge in [-0.05, 0) is 24.3 Å². The highest BCUT2D eigenvalue weighted by Gasteiger charge is 2.31. The first kappa shape index (κ1) is 16.3. The molecule has 1 aliphatic heterocycles. The number of aliphatic imine (C=N–C) groups is 1. The molecule has 0 spiro atoms. The van der Waals surface area contributed by atoms with Crippen LogP contribution in [-0.4, -0.2) is 39.8 Å². The summed E-state index contributed by atoms with van der Waals surface area (Å²) >= 11 is 0. The zero-order valence-electron chi connectivity index (χ0n) is 13.3. The minimum absolute atomic E-state index is 0.0369. The maximum Gasteiger partial charge on any atom is 0.458 e. The van der Waals surface area contributed by atoms with E-state index >= 15 is 0 Å². The van der Waals surface area contributed by atoms with Crippen molar-refractivity contribution in [1.82, 2.24) is 9.13 Å². The molecule has 0 fully saturated rings. The topological polar surface area (TPSA) is 153 Å². The second kappa shape index (κ2) is 6.93. The van der Waals surface area contributed by atoms with Crippen LogP contribution in [0.2, 0.25) is 0 Å². The van der Waals surface area contributed by atoms with Gasteiger partial charge in [-0.25, -0.2) is 4.99 Å². The van der Waals surface area contributed by atoms with Crippen molar-refractivity contribution >= 4 is 18.3 Å². The predicted octanol–water partition coefficient (Wildman–Crippen LogP) is -2.11. The predicted molar refractivity (Wildman–Crippen MR) is 87.7 cm³/mol. The molecule has 0 amide bonds. The lowest BCUT2D eigenvalue weighted by atomic mass is 10.5. The molecule has 3 heterocycles. The maximum atomic E-state index is 7.86. The van der Waals surface area contributed by atoms with Crippen LogP contribution in [0.4, 0.5) is 0 Å². The molecule has 25 heavy (non-hydrogen) atoms. The summed E-state index contributed by atoms with van der Waals surface area (Å²) in [5.74, 6) is 0.176. The van der Waals surface area contributed by atoms with Crippen LogP contribution in [0, 0.1) is 5.41 Å². The van der Waals surface area contributed by atoms with Crippen molar-refractivity contribution in [2.24, 2.45) is 10.7 Å². The lowest BCUT2D eigenvalue weighted by molar-refractivity contribution is -0.493. The normalized spacial score (nSPS) is 19.2. The highest BCUT2D eigenvalue weighted by atomic mass is 16.6. The van der Waals surface area contributed by atoms with E-state index in [9.17, 15) is 0 Å². The Morgan fingerprint density at radius 3 is 2.48 bits per heavy atom. The minimum Gasteiger partial charge on any atom is -0.451 e. The van der Waals surface area contributed by atoms with Crippen LogP contribution in [0.3, 0.4) is 0 Å². The van der Waals surface area contributed by atoms with Gasteiger partial charge in [0.25, 0.3) is 18.5 Å². The van der Waals surface area contributed by atoms with Gasteiger partial charge in [-0.15, -0.1) is 0 Å². The third kappa shape index (κ3) is 3.70. The molecule has 0 aliphatic carbocycles. The highest BCUT2D eigenvalue weighted by molar-refractivity contribution is 5.80. The quantitative estimate of drug-likeness (QED) is 0.218. The molecule has 0 saturated heterocycles. The molecule has 3 rings (SSSR count). The summed E-state index contributed by atoms with van der Waals surface area (Å²) in [5.41, 5.74) is 9.66. The molecule has 10 heteroatoms. The van der Waals surface area contributed by atoms with Gasteiger partial charge in [0.1, 0.15) is 0 Å². The number of nitrogens with two attached hydrogens (primary N) is 2. The molecule has 1 aliphatic rings. The number of rotatable bonds is 3. The van der Waals surface area contributed by atoms with Crippen molar-refractivity contribution in [3.8, 4) is 0 Å². The van der Waals surface area contributed by atoms with E-state index in [4.69, 9.17) is 30.8 Å². The lowest BCUT2D eigenvalue weighted by Gasteiger charge is -2.16. The monoisotopic (exact) mass is 345 g/mol. The lowest BCUT2D eigenvalue weighted by Crippen LogP contribution is -2.68. The first-order chi connectivity index (χ1) is 12.0. The van der Waals surface area contributed by atoms with E-state index in [0.717, 1.165) is 0 Å². The zero-order valence-corrected chi connectivity index (χ0v) is 13.3. The summed E-state index contributed by atoms with van der Waals surface area (Å²) in [6, 6.07) is 7.15. The van der Waals surface area contributed by atoms with E-state index in [1.807, 2.05) is 0 Å². The number of quaternary nitrogens is 1. The molecule has 2 atom stereocenters. The first-order valence-electron chi connectivity index (χ1n) is 7.39. The zero-order chi connectivity index (χ0) is 17.8. The van der Waals surface area contributed by atoms with Gasteiger partial charge in [-0.1, -0.05) is 0 Å². The second-order valence-electron chi connectivity index (χ2n) is 5.10. The largest absolute Gasteiger partial charge is 0.458 e. The summed E-state index contributed by atoms with van der Waals surface area (Å²) in [7, 11) is 0. The summed E-state index contributed by atoms with van der Waals surface area (Å²) in [6.07, 6.45) is 6.71. The summed E-state index contributed by atoms with van der Waals surface area (Å²) in [5, 5.41) is 13.7. The van der Waals surface area contributed by atoms with Crippen molar-refractivity contribution in [1.29, 1.82) is 5.41 Å². The molecule has 130 valence electrons. The molecular weight excluding hydrogens is 326 g/mol. The molecule has 0 radical (unpaired) electrons. The summed E-state index contributed by atoms with van der Waals surface area (Å²) in [4.78, 5) is 4.13. The van der Waals surface area contributed by atoms with E-state index in [-0.39, 0.29) is 23.7 Å². The average molecular weight is 345 g/mol. The Hall–Kier alpha value is -3.53. The van der Waals surface area contributed by atoms with Crippen LogP contribution in [0.1, 0.15) is 0 Å². The maximum absolute atomic E-state index is 7.86. The molecule has 8 N–H and O–H groups in total. The fourth-order valence-corrected chi connectivity index (χ4v) is 2.06. The summed E-state index contributed by atoms with van der Waals surface area (Å²) in [6.45, 7) is 0. The van der Waals surface area contributed by atoms with E-state index in [1.54, 1.807) is 53.6 Å². The second-order valence-corrected chi connectivity index (χ2v) is 5.10. The standard InChI is InChI=1S/C15H17N7O3/c16-11(24-14(18)21-5-1-2-6-21)10-9-20-13(23-10)12(17)25-15(19)22-7-3-4-8-22/h1-9,12-13,18-19H,16-17H2/p+2. The Morgan fingerprint density at radius 1 is 1.24 bits per heavy atom. The minimum atomic E-state index is -0.749. The number of nitrogens with zero attached hydrogens (tertiary/aromatic N) is 3. The third-order valence-corrected chi connectivity index (χ3v) is 3.32. The van der Waals surface area contributed by atoms with Crippen molar-refractivity contribution < 1.29 is 25.4 Å². The third-order valence-electron chi connectivity index (χ3n) is 3.32. The molecule has 0 aromatic carbocycles. The Bertz CT molecular complexity index is 808. The van der Waals surface area contributed by atoms with E-state index in [2.05, 4.69) is 10.7 Å². The Balaban J connectivity index is 1.58. The van der Waals surface area contributed by atoms with Gasteiger partial charge in [0.15, 0.2) is 0 Å². The molecule has 0 saturated carbocycles. The molecule has 10 nitrogen and oxygen atoms in total. The van der Waals surface area contributed by atoms with Gasteiger partial charge in [-0.3, -0.25) is 15.4 Å². The number of ether oxygens (including phenoxy) is 3. The number of allylic oxidation sites excluding steroid dienone is 1. The van der Waals surface area contributed by atoms with E-state index in [1.165, 1.54) is 10.8 Å². The van der Waals surface area contributed by atoms with E-state index < -0.39 is 12.5 Å². The SMILES string of the molecule is N=C(OC([NH3+])C1N=CC(=C(N)OC(=[NH2+])n2cccc2)O1)n1cccc1. The first-order valence-corrected chi connectivity index (χ1v) is 7.39. The Morgan fingerprint density at radius 2 is 1.84 bits per heavy atom. The van der Waals surface area contributed by atoms with Crippen LogP contribution < -0.4 is 16.9 Å². The number of nitrogens with one attached hydrogen (secondary N) is 1. The molecule has 0 bridgehead atoms. The van der Waals surface area contributed by atoms with Gasteiger partial charge < -0.3 is 25.7 Å². The summed E-state index contributed by atoms with van der Waals surface area (Å²) < 4.78 is 19.4. The van der Waals surface area contributed by atoms with Crippen LogP contribution in [0.5, 0.6) is 0 Å². The van der Waals surface area contributed by atoms with Crippen molar-refractivity contribution in [2.75, 3.05) is 0 Å². The van der Waals surface area contributed by atoms with Gasteiger partial charge >= 0.3 is 6.02 Å². The van der Waals surface area contributed by atoms with Gasteiger partial charge in [0.2, 0.25) is 11.6 Å². The van der Waals surface area contributed by atoms with Crippen molar-refractivity contribution in [3.63, 3.8) is 0 Å². The Labute approximate surface area is 142 Å². The van der Waals surface area contributed by atoms with Crippen LogP contribution in [-0.2, 0) is 14.2 Å². The fourth-order valence-electron chi connectivity index (χ4n) is 2.06. The highest BCUT2D eigenvalue weighted by Crippen LogP contribution is 2.15. The molecule has 2 aromatic rings. The number of hydrogen-bond donors (Lipinski definition) is 4.